The van der Waals surface area contributed by atoms with E-state index in [1.54, 1.807) is 0 Å². The van der Waals surface area contributed by atoms with Crippen LogP contribution in [0.5, 0.6) is 0 Å². The summed E-state index contributed by atoms with van der Waals surface area (Å²) >= 11 is 0. The van der Waals surface area contributed by atoms with Crippen LogP contribution in [0.2, 0.25) is 0 Å². The third-order valence-electron chi connectivity index (χ3n) is 2.69. The lowest BCUT2D eigenvalue weighted by Crippen LogP contribution is -2.14. The Morgan fingerprint density at radius 1 is 1.35 bits per heavy atom. The lowest BCUT2D eigenvalue weighted by molar-refractivity contribution is 0.711. The van der Waals surface area contributed by atoms with Gasteiger partial charge in [-0.25, -0.2) is 4.68 Å². The molecule has 2 aromatic heterocycles. The van der Waals surface area contributed by atoms with Crippen LogP contribution in [-0.2, 0) is 6.54 Å². The largest absolute Gasteiger partial charge is 0.313 e. The summed E-state index contributed by atoms with van der Waals surface area (Å²) in [7, 11) is 0. The van der Waals surface area contributed by atoms with E-state index in [9.17, 15) is 0 Å². The molecule has 0 saturated carbocycles. The SMILES string of the molecule is CCNCc1ccncc1-n1nc(C)cc1C. The van der Waals surface area contributed by atoms with Crippen molar-refractivity contribution >= 4 is 0 Å². The van der Waals surface area contributed by atoms with Gasteiger partial charge < -0.3 is 5.32 Å². The molecule has 0 aromatic carbocycles. The first-order chi connectivity index (χ1) is 8.22. The topological polar surface area (TPSA) is 42.7 Å². The first kappa shape index (κ1) is 11.8. The standard InChI is InChI=1S/C13H18N4/c1-4-14-8-12-5-6-15-9-13(12)17-11(3)7-10(2)16-17/h5-7,9,14H,4,8H2,1-3H3. The molecule has 2 aromatic rings. The molecule has 0 aliphatic rings. The molecule has 2 rings (SSSR count). The fourth-order valence-corrected chi connectivity index (χ4v) is 1.89. The Labute approximate surface area is 102 Å². The van der Waals surface area contributed by atoms with Crippen LogP contribution < -0.4 is 5.32 Å². The van der Waals surface area contributed by atoms with Crippen molar-refractivity contribution in [1.29, 1.82) is 0 Å². The van der Waals surface area contributed by atoms with E-state index in [1.807, 2.05) is 30.1 Å². The summed E-state index contributed by atoms with van der Waals surface area (Å²) in [6.45, 7) is 7.96. The molecule has 0 fully saturated rings. The summed E-state index contributed by atoms with van der Waals surface area (Å²) in [4.78, 5) is 4.19. The molecular weight excluding hydrogens is 212 g/mol. The maximum atomic E-state index is 4.50. The number of pyridine rings is 1. The summed E-state index contributed by atoms with van der Waals surface area (Å²) in [6, 6.07) is 4.11. The molecule has 4 nitrogen and oxygen atoms in total. The van der Waals surface area contributed by atoms with Gasteiger partial charge in [0.25, 0.3) is 0 Å². The third kappa shape index (κ3) is 2.53. The monoisotopic (exact) mass is 230 g/mol. The number of nitrogens with one attached hydrogen (secondary N) is 1. The molecule has 0 unspecified atom stereocenters. The molecule has 0 amide bonds. The van der Waals surface area contributed by atoms with Crippen LogP contribution in [0.25, 0.3) is 5.69 Å². The molecule has 0 bridgehead atoms. The highest BCUT2D eigenvalue weighted by atomic mass is 15.3. The van der Waals surface area contributed by atoms with Gasteiger partial charge in [0, 0.05) is 18.4 Å². The number of aryl methyl sites for hydroxylation is 2. The van der Waals surface area contributed by atoms with Crippen LogP contribution in [0.3, 0.4) is 0 Å². The van der Waals surface area contributed by atoms with Gasteiger partial charge in [-0.3, -0.25) is 4.98 Å². The van der Waals surface area contributed by atoms with Crippen LogP contribution in [0.4, 0.5) is 0 Å². The van der Waals surface area contributed by atoms with Gasteiger partial charge in [0.2, 0.25) is 0 Å². The highest BCUT2D eigenvalue weighted by Crippen LogP contribution is 2.15. The van der Waals surface area contributed by atoms with Crippen molar-refractivity contribution in [2.45, 2.75) is 27.3 Å². The van der Waals surface area contributed by atoms with Gasteiger partial charge in [0.15, 0.2) is 0 Å². The molecule has 0 spiro atoms. The van der Waals surface area contributed by atoms with E-state index in [1.165, 1.54) is 5.56 Å². The second-order valence-corrected chi connectivity index (χ2v) is 4.12. The lowest BCUT2D eigenvalue weighted by atomic mass is 10.2. The first-order valence-corrected chi connectivity index (χ1v) is 5.89. The predicted octanol–water partition coefficient (Wildman–Crippen LogP) is 1.99. The highest BCUT2D eigenvalue weighted by molar-refractivity contribution is 5.39. The maximum Gasteiger partial charge on any atom is 0.0876 e. The minimum atomic E-state index is 0.840. The van der Waals surface area contributed by atoms with Crippen LogP contribution in [-0.4, -0.2) is 21.3 Å². The minimum absolute atomic E-state index is 0.840. The molecule has 17 heavy (non-hydrogen) atoms. The van der Waals surface area contributed by atoms with Gasteiger partial charge in [0.05, 0.1) is 17.6 Å². The zero-order chi connectivity index (χ0) is 12.3. The Morgan fingerprint density at radius 2 is 2.18 bits per heavy atom. The average Bonchev–Trinajstić information content (AvgIpc) is 2.66. The Bertz CT molecular complexity index is 502. The van der Waals surface area contributed by atoms with Gasteiger partial charge in [-0.15, -0.1) is 0 Å². The van der Waals surface area contributed by atoms with E-state index in [0.717, 1.165) is 30.2 Å². The van der Waals surface area contributed by atoms with Crippen molar-refractivity contribution in [2.24, 2.45) is 0 Å². The quantitative estimate of drug-likeness (QED) is 0.873. The van der Waals surface area contributed by atoms with Crippen molar-refractivity contribution in [1.82, 2.24) is 20.1 Å². The summed E-state index contributed by atoms with van der Waals surface area (Å²) in [5.41, 5.74) is 4.43. The second kappa shape index (κ2) is 5.10. The van der Waals surface area contributed by atoms with Gasteiger partial charge in [-0.1, -0.05) is 6.92 Å². The minimum Gasteiger partial charge on any atom is -0.313 e. The Kier molecular flexibility index (Phi) is 3.54. The van der Waals surface area contributed by atoms with Crippen LogP contribution in [0.15, 0.2) is 24.5 Å². The van der Waals surface area contributed by atoms with Crippen molar-refractivity contribution in [3.8, 4) is 5.69 Å². The summed E-state index contributed by atoms with van der Waals surface area (Å²) in [5, 5.41) is 7.83. The molecule has 4 heteroatoms. The number of nitrogens with zero attached hydrogens (tertiary/aromatic N) is 3. The number of aromatic nitrogens is 3. The van der Waals surface area contributed by atoms with E-state index < -0.39 is 0 Å². The Hall–Kier alpha value is -1.68. The Balaban J connectivity index is 2.40. The van der Waals surface area contributed by atoms with E-state index in [0.29, 0.717) is 0 Å². The molecule has 0 atom stereocenters. The predicted molar refractivity (Wildman–Crippen MR) is 68.2 cm³/mol. The fourth-order valence-electron chi connectivity index (χ4n) is 1.89. The maximum absolute atomic E-state index is 4.50. The smallest absolute Gasteiger partial charge is 0.0876 e. The van der Waals surface area contributed by atoms with Crippen molar-refractivity contribution in [3.63, 3.8) is 0 Å². The molecule has 90 valence electrons. The Morgan fingerprint density at radius 3 is 2.82 bits per heavy atom. The summed E-state index contributed by atoms with van der Waals surface area (Å²) in [5.74, 6) is 0. The summed E-state index contributed by atoms with van der Waals surface area (Å²) < 4.78 is 1.95. The zero-order valence-electron chi connectivity index (χ0n) is 10.6. The molecule has 0 aliphatic carbocycles. The zero-order valence-corrected chi connectivity index (χ0v) is 10.6. The van der Waals surface area contributed by atoms with Crippen molar-refractivity contribution in [2.75, 3.05) is 6.54 Å². The lowest BCUT2D eigenvalue weighted by Gasteiger charge is -2.10. The molecule has 0 aliphatic heterocycles. The van der Waals surface area contributed by atoms with Gasteiger partial charge in [-0.2, -0.15) is 5.10 Å². The number of rotatable bonds is 4. The van der Waals surface area contributed by atoms with Gasteiger partial charge >= 0.3 is 0 Å². The van der Waals surface area contributed by atoms with Crippen molar-refractivity contribution in [3.05, 3.63) is 41.5 Å². The normalized spacial score (nSPS) is 10.8. The molecule has 0 radical (unpaired) electrons. The van der Waals surface area contributed by atoms with Crippen LogP contribution in [0.1, 0.15) is 23.9 Å². The van der Waals surface area contributed by atoms with E-state index >= 15 is 0 Å². The second-order valence-electron chi connectivity index (χ2n) is 4.12. The van der Waals surface area contributed by atoms with E-state index in [-0.39, 0.29) is 0 Å². The van der Waals surface area contributed by atoms with Crippen LogP contribution >= 0.6 is 0 Å². The fraction of sp³-hybridized carbons (Fsp3) is 0.385. The third-order valence-corrected chi connectivity index (χ3v) is 2.69. The first-order valence-electron chi connectivity index (χ1n) is 5.89. The van der Waals surface area contributed by atoms with Gasteiger partial charge in [0.1, 0.15) is 0 Å². The van der Waals surface area contributed by atoms with Crippen molar-refractivity contribution < 1.29 is 0 Å². The summed E-state index contributed by atoms with van der Waals surface area (Å²) in [6.07, 6.45) is 3.69. The number of hydrogen-bond acceptors (Lipinski definition) is 3. The van der Waals surface area contributed by atoms with E-state index in [4.69, 9.17) is 0 Å². The molecule has 2 heterocycles. The number of hydrogen-bond donors (Lipinski definition) is 1. The van der Waals surface area contributed by atoms with Crippen LogP contribution in [0, 0.1) is 13.8 Å². The van der Waals surface area contributed by atoms with Gasteiger partial charge in [-0.05, 0) is 38.1 Å². The highest BCUT2D eigenvalue weighted by Gasteiger charge is 2.08. The average molecular weight is 230 g/mol. The molecule has 1 N–H and O–H groups in total. The molecular formula is C13H18N4. The van der Waals surface area contributed by atoms with E-state index in [2.05, 4.69) is 35.3 Å². The molecule has 0 saturated heterocycles.